The number of halogens is 1. The maximum absolute atomic E-state index is 12.3. The first-order valence-electron chi connectivity index (χ1n) is 8.43. The maximum Gasteiger partial charge on any atom is 0.261 e. The molecule has 0 radical (unpaired) electrons. The van der Waals surface area contributed by atoms with Crippen molar-refractivity contribution in [1.82, 2.24) is 5.32 Å². The van der Waals surface area contributed by atoms with E-state index in [1.54, 1.807) is 6.07 Å². The standard InChI is InChI=1S/C20H22ClNO3/c1-13(2)24-12-15-5-3-14(4-6-15)11-22-20(23)19-10-16-9-17(21)7-8-18(16)25-19/h3-9,13,19H,10-12H2,1-2H3,(H,22,23)/t19-/m1/s1. The molecule has 1 heterocycles. The maximum atomic E-state index is 12.3. The van der Waals surface area contributed by atoms with Gasteiger partial charge in [0.15, 0.2) is 6.10 Å². The lowest BCUT2D eigenvalue weighted by Crippen LogP contribution is -2.37. The third kappa shape index (κ3) is 4.74. The molecule has 0 fully saturated rings. The second-order valence-electron chi connectivity index (χ2n) is 6.46. The summed E-state index contributed by atoms with van der Waals surface area (Å²) in [6.45, 7) is 5.10. The van der Waals surface area contributed by atoms with Crippen molar-refractivity contribution in [3.8, 4) is 5.75 Å². The predicted octanol–water partition coefficient (Wildman–Crippen LogP) is 3.88. The van der Waals surface area contributed by atoms with Crippen LogP contribution in [0.4, 0.5) is 0 Å². The molecule has 1 N–H and O–H groups in total. The largest absolute Gasteiger partial charge is 0.480 e. The van der Waals surface area contributed by atoms with Crippen LogP contribution in [0.15, 0.2) is 42.5 Å². The zero-order chi connectivity index (χ0) is 17.8. The molecule has 0 spiro atoms. The van der Waals surface area contributed by atoms with Gasteiger partial charge in [-0.05, 0) is 48.7 Å². The molecule has 5 heteroatoms. The number of rotatable bonds is 6. The Morgan fingerprint density at radius 3 is 2.68 bits per heavy atom. The minimum atomic E-state index is -0.493. The number of nitrogens with one attached hydrogen (secondary N) is 1. The van der Waals surface area contributed by atoms with E-state index in [9.17, 15) is 4.79 Å². The van der Waals surface area contributed by atoms with Gasteiger partial charge in [0, 0.05) is 18.0 Å². The number of hydrogen-bond donors (Lipinski definition) is 1. The van der Waals surface area contributed by atoms with Crippen LogP contribution < -0.4 is 10.1 Å². The van der Waals surface area contributed by atoms with Crippen molar-refractivity contribution in [3.63, 3.8) is 0 Å². The average Bonchev–Trinajstić information content (AvgIpc) is 3.02. The molecule has 2 aromatic rings. The fourth-order valence-electron chi connectivity index (χ4n) is 2.68. The first kappa shape index (κ1) is 17.8. The number of carbonyl (C=O) groups is 1. The van der Waals surface area contributed by atoms with Gasteiger partial charge >= 0.3 is 0 Å². The number of hydrogen-bond acceptors (Lipinski definition) is 3. The minimum absolute atomic E-state index is 0.112. The van der Waals surface area contributed by atoms with Crippen molar-refractivity contribution in [2.75, 3.05) is 0 Å². The third-order valence-electron chi connectivity index (χ3n) is 4.06. The van der Waals surface area contributed by atoms with Crippen LogP contribution in [0.3, 0.4) is 0 Å². The van der Waals surface area contributed by atoms with Crippen LogP contribution in [0, 0.1) is 0 Å². The molecule has 0 aromatic heterocycles. The van der Waals surface area contributed by atoms with E-state index in [0.717, 1.165) is 22.4 Å². The second-order valence-corrected chi connectivity index (χ2v) is 6.89. The molecule has 0 saturated carbocycles. The number of carbonyl (C=O) groups excluding carboxylic acids is 1. The molecule has 1 atom stereocenters. The SMILES string of the molecule is CC(C)OCc1ccc(CNC(=O)[C@H]2Cc3cc(Cl)ccc3O2)cc1. The van der Waals surface area contributed by atoms with Crippen molar-refractivity contribution in [3.05, 3.63) is 64.2 Å². The van der Waals surface area contributed by atoms with Gasteiger partial charge in [-0.15, -0.1) is 0 Å². The Labute approximate surface area is 153 Å². The highest BCUT2D eigenvalue weighted by molar-refractivity contribution is 6.30. The average molecular weight is 360 g/mol. The topological polar surface area (TPSA) is 47.6 Å². The molecule has 25 heavy (non-hydrogen) atoms. The molecule has 1 aliphatic heterocycles. The monoisotopic (exact) mass is 359 g/mol. The van der Waals surface area contributed by atoms with Crippen LogP contribution in [-0.2, 0) is 29.1 Å². The second kappa shape index (κ2) is 7.89. The van der Waals surface area contributed by atoms with Gasteiger partial charge in [-0.3, -0.25) is 4.79 Å². The van der Waals surface area contributed by atoms with Crippen LogP contribution in [0.2, 0.25) is 5.02 Å². The molecule has 0 bridgehead atoms. The fraction of sp³-hybridized carbons (Fsp3) is 0.350. The van der Waals surface area contributed by atoms with Gasteiger partial charge in [0.25, 0.3) is 5.91 Å². The highest BCUT2D eigenvalue weighted by Gasteiger charge is 2.28. The highest BCUT2D eigenvalue weighted by atomic mass is 35.5. The quantitative estimate of drug-likeness (QED) is 0.851. The van der Waals surface area contributed by atoms with E-state index in [1.165, 1.54) is 0 Å². The predicted molar refractivity (Wildman–Crippen MR) is 97.8 cm³/mol. The van der Waals surface area contributed by atoms with Crippen LogP contribution in [0.25, 0.3) is 0 Å². The van der Waals surface area contributed by atoms with Crippen molar-refractivity contribution >= 4 is 17.5 Å². The van der Waals surface area contributed by atoms with Crippen molar-refractivity contribution < 1.29 is 14.3 Å². The normalized spacial score (nSPS) is 15.8. The van der Waals surface area contributed by atoms with Crippen LogP contribution in [0.5, 0.6) is 5.75 Å². The van der Waals surface area contributed by atoms with Gasteiger partial charge in [0.2, 0.25) is 0 Å². The number of benzene rings is 2. The Morgan fingerprint density at radius 2 is 1.96 bits per heavy atom. The molecular weight excluding hydrogens is 338 g/mol. The summed E-state index contributed by atoms with van der Waals surface area (Å²) >= 11 is 5.98. The summed E-state index contributed by atoms with van der Waals surface area (Å²) in [7, 11) is 0. The van der Waals surface area contributed by atoms with E-state index in [4.69, 9.17) is 21.1 Å². The van der Waals surface area contributed by atoms with E-state index in [1.807, 2.05) is 50.2 Å². The van der Waals surface area contributed by atoms with Gasteiger partial charge in [-0.25, -0.2) is 0 Å². The van der Waals surface area contributed by atoms with Crippen LogP contribution >= 0.6 is 11.6 Å². The molecule has 0 aliphatic carbocycles. The Morgan fingerprint density at radius 1 is 1.24 bits per heavy atom. The fourth-order valence-corrected chi connectivity index (χ4v) is 2.88. The Hall–Kier alpha value is -2.04. The summed E-state index contributed by atoms with van der Waals surface area (Å²) in [5, 5.41) is 3.59. The zero-order valence-electron chi connectivity index (χ0n) is 14.4. The Kier molecular flexibility index (Phi) is 5.61. The summed E-state index contributed by atoms with van der Waals surface area (Å²) in [4.78, 5) is 12.3. The molecule has 132 valence electrons. The van der Waals surface area contributed by atoms with Gasteiger partial charge < -0.3 is 14.8 Å². The first-order chi connectivity index (χ1) is 12.0. The van der Waals surface area contributed by atoms with Gasteiger partial charge in [-0.1, -0.05) is 35.9 Å². The number of fused-ring (bicyclic) bond motifs is 1. The zero-order valence-corrected chi connectivity index (χ0v) is 15.2. The summed E-state index contributed by atoms with van der Waals surface area (Å²) in [6, 6.07) is 13.5. The van der Waals surface area contributed by atoms with E-state index in [2.05, 4.69) is 5.32 Å². The van der Waals surface area contributed by atoms with Crippen molar-refractivity contribution in [2.45, 2.75) is 45.6 Å². The highest BCUT2D eigenvalue weighted by Crippen LogP contribution is 2.31. The van der Waals surface area contributed by atoms with E-state index < -0.39 is 6.10 Å². The van der Waals surface area contributed by atoms with Gasteiger partial charge in [-0.2, -0.15) is 0 Å². The lowest BCUT2D eigenvalue weighted by atomic mass is 10.1. The van der Waals surface area contributed by atoms with Gasteiger partial charge in [0.1, 0.15) is 5.75 Å². The molecule has 4 nitrogen and oxygen atoms in total. The van der Waals surface area contributed by atoms with Gasteiger partial charge in [0.05, 0.1) is 12.7 Å². The molecule has 1 aliphatic rings. The summed E-state index contributed by atoms with van der Waals surface area (Å²) in [5.74, 6) is 0.624. The molecule has 1 amide bonds. The van der Waals surface area contributed by atoms with Crippen LogP contribution in [0.1, 0.15) is 30.5 Å². The lowest BCUT2D eigenvalue weighted by Gasteiger charge is -2.12. The number of amides is 1. The van der Waals surface area contributed by atoms with Crippen molar-refractivity contribution in [2.24, 2.45) is 0 Å². The lowest BCUT2D eigenvalue weighted by molar-refractivity contribution is -0.127. The van der Waals surface area contributed by atoms with E-state index in [-0.39, 0.29) is 12.0 Å². The van der Waals surface area contributed by atoms with E-state index in [0.29, 0.717) is 24.6 Å². The van der Waals surface area contributed by atoms with Crippen molar-refractivity contribution in [1.29, 1.82) is 0 Å². The summed E-state index contributed by atoms with van der Waals surface area (Å²) < 4.78 is 11.3. The third-order valence-corrected chi connectivity index (χ3v) is 4.30. The smallest absolute Gasteiger partial charge is 0.261 e. The summed E-state index contributed by atoms with van der Waals surface area (Å²) in [6.07, 6.45) is 0.268. The molecule has 2 aromatic carbocycles. The first-order valence-corrected chi connectivity index (χ1v) is 8.81. The van der Waals surface area contributed by atoms with Crippen LogP contribution in [-0.4, -0.2) is 18.1 Å². The summed E-state index contributed by atoms with van der Waals surface area (Å²) in [5.41, 5.74) is 3.14. The molecule has 3 rings (SSSR count). The molecule has 0 saturated heterocycles. The molecule has 0 unspecified atom stereocenters. The van der Waals surface area contributed by atoms with E-state index >= 15 is 0 Å². The minimum Gasteiger partial charge on any atom is -0.480 e. The Bertz CT molecular complexity index is 743. The molecular formula is C20H22ClNO3. The Balaban J connectivity index is 1.50. The number of ether oxygens (including phenoxy) is 2.